The van der Waals surface area contributed by atoms with Gasteiger partial charge in [-0.25, -0.2) is 4.98 Å². The van der Waals surface area contributed by atoms with Crippen molar-refractivity contribution in [2.24, 2.45) is 0 Å². The van der Waals surface area contributed by atoms with Crippen molar-refractivity contribution in [2.75, 3.05) is 12.3 Å². The SMILES string of the molecule is CC1(C)OC2[C@@H](O1)[C@H]1OC(C)(C)OCC1O[C@@H](n1cnc3c(=O)[nH]c(N)nc31)C2(C)O. The van der Waals surface area contributed by atoms with Gasteiger partial charge in [0.15, 0.2) is 29.0 Å². The highest BCUT2D eigenvalue weighted by Crippen LogP contribution is 2.47. The van der Waals surface area contributed by atoms with Crippen LogP contribution in [0.5, 0.6) is 0 Å². The summed E-state index contributed by atoms with van der Waals surface area (Å²) in [5.41, 5.74) is 3.89. The Balaban J connectivity index is 1.65. The molecular formula is C19H27N5O7. The van der Waals surface area contributed by atoms with Gasteiger partial charge in [-0.3, -0.25) is 14.3 Å². The molecule has 3 fully saturated rings. The summed E-state index contributed by atoms with van der Waals surface area (Å²) in [6.45, 7) is 8.97. The second-order valence-corrected chi connectivity index (χ2v) is 9.34. The Bertz CT molecular complexity index is 1080. The fourth-order valence-electron chi connectivity index (χ4n) is 4.60. The number of nitrogens with zero attached hydrogens (tertiary/aromatic N) is 3. The third kappa shape index (κ3) is 3.25. The summed E-state index contributed by atoms with van der Waals surface area (Å²) in [6.07, 6.45) is -2.25. The molecule has 0 aliphatic carbocycles. The van der Waals surface area contributed by atoms with Gasteiger partial charge in [-0.15, -0.1) is 0 Å². The van der Waals surface area contributed by atoms with E-state index in [0.29, 0.717) is 0 Å². The Morgan fingerprint density at radius 2 is 1.87 bits per heavy atom. The third-order valence-electron chi connectivity index (χ3n) is 5.92. The summed E-state index contributed by atoms with van der Waals surface area (Å²) < 4.78 is 32.1. The first-order valence-electron chi connectivity index (χ1n) is 10.2. The lowest BCUT2D eigenvalue weighted by atomic mass is 9.90. The van der Waals surface area contributed by atoms with E-state index in [4.69, 9.17) is 29.4 Å². The third-order valence-corrected chi connectivity index (χ3v) is 5.92. The highest BCUT2D eigenvalue weighted by Gasteiger charge is 2.62. The fraction of sp³-hybridized carbons (Fsp3) is 0.737. The summed E-state index contributed by atoms with van der Waals surface area (Å²) in [4.78, 5) is 23.0. The first-order valence-corrected chi connectivity index (χ1v) is 10.2. The van der Waals surface area contributed by atoms with Crippen LogP contribution in [0.3, 0.4) is 0 Å². The molecule has 0 saturated carbocycles. The molecule has 5 rings (SSSR count). The first-order chi connectivity index (χ1) is 14.4. The number of aromatic nitrogens is 4. The fourth-order valence-corrected chi connectivity index (χ4v) is 4.60. The molecule has 5 heterocycles. The number of imidazole rings is 1. The van der Waals surface area contributed by atoms with Crippen LogP contribution in [-0.2, 0) is 23.7 Å². The predicted molar refractivity (Wildman–Crippen MR) is 106 cm³/mol. The topological polar surface area (TPSA) is 156 Å². The van der Waals surface area contributed by atoms with Crippen molar-refractivity contribution in [1.82, 2.24) is 19.5 Å². The standard InChI is InChI=1S/C19H27N5O7/c1-17(2)27-6-8-10(29-17)11-12(31-18(3,4)30-11)19(5,26)15(28-8)24-7-21-9-13(24)22-16(20)23-14(9)25/h7-8,10-12,15,26H,6H2,1-5H3,(H3,20,22,23,25)/t8?,10-,11-,12?,15+,19?/m0/s1. The number of ether oxygens (including phenoxy) is 5. The highest BCUT2D eigenvalue weighted by molar-refractivity contribution is 5.70. The molecule has 12 heteroatoms. The number of nitrogens with one attached hydrogen (secondary N) is 1. The molecule has 3 unspecified atom stereocenters. The van der Waals surface area contributed by atoms with Crippen molar-refractivity contribution >= 4 is 17.1 Å². The number of aromatic amines is 1. The number of rotatable bonds is 1. The van der Waals surface area contributed by atoms with Gasteiger partial charge in [-0.1, -0.05) is 0 Å². The maximum atomic E-state index is 12.3. The second kappa shape index (κ2) is 6.47. The quantitative estimate of drug-likeness (QED) is 0.556. The van der Waals surface area contributed by atoms with E-state index >= 15 is 0 Å². The van der Waals surface area contributed by atoms with Gasteiger partial charge in [0, 0.05) is 0 Å². The first kappa shape index (κ1) is 20.8. The number of fused-ring (bicyclic) bond motifs is 4. The molecule has 3 aliphatic rings. The van der Waals surface area contributed by atoms with Crippen LogP contribution in [0.15, 0.2) is 11.1 Å². The Labute approximate surface area is 177 Å². The summed E-state index contributed by atoms with van der Waals surface area (Å²) in [5.74, 6) is -1.88. The number of hydrogen-bond donors (Lipinski definition) is 3. The zero-order chi connectivity index (χ0) is 22.3. The van der Waals surface area contributed by atoms with Crippen LogP contribution in [0.25, 0.3) is 11.2 Å². The molecule has 31 heavy (non-hydrogen) atoms. The molecule has 12 nitrogen and oxygen atoms in total. The van der Waals surface area contributed by atoms with Crippen LogP contribution in [0.4, 0.5) is 5.95 Å². The Hall–Kier alpha value is -2.09. The summed E-state index contributed by atoms with van der Waals surface area (Å²) >= 11 is 0. The van der Waals surface area contributed by atoms with Gasteiger partial charge < -0.3 is 34.5 Å². The molecule has 0 aromatic carbocycles. The second-order valence-electron chi connectivity index (χ2n) is 9.34. The van der Waals surface area contributed by atoms with Gasteiger partial charge in [0.1, 0.15) is 30.0 Å². The molecule has 0 radical (unpaired) electrons. The van der Waals surface area contributed by atoms with E-state index < -0.39 is 53.4 Å². The summed E-state index contributed by atoms with van der Waals surface area (Å²) in [7, 11) is 0. The minimum atomic E-state index is -1.62. The van der Waals surface area contributed by atoms with Crippen LogP contribution in [0.2, 0.25) is 0 Å². The zero-order valence-corrected chi connectivity index (χ0v) is 18.0. The van der Waals surface area contributed by atoms with Crippen LogP contribution >= 0.6 is 0 Å². The molecular weight excluding hydrogens is 410 g/mol. The number of anilines is 1. The van der Waals surface area contributed by atoms with Crippen LogP contribution in [0, 0.1) is 0 Å². The van der Waals surface area contributed by atoms with E-state index in [2.05, 4.69) is 15.0 Å². The molecule has 3 aliphatic heterocycles. The predicted octanol–water partition coefficient (Wildman–Crippen LogP) is 0.0218. The lowest BCUT2D eigenvalue weighted by Gasteiger charge is -2.42. The van der Waals surface area contributed by atoms with E-state index in [1.54, 1.807) is 20.8 Å². The van der Waals surface area contributed by atoms with Crippen molar-refractivity contribution < 1.29 is 28.8 Å². The van der Waals surface area contributed by atoms with E-state index in [1.807, 2.05) is 13.8 Å². The molecule has 0 spiro atoms. The van der Waals surface area contributed by atoms with Crippen LogP contribution in [0.1, 0.15) is 40.8 Å². The van der Waals surface area contributed by atoms with Crippen molar-refractivity contribution in [2.45, 2.75) is 82.4 Å². The molecule has 0 amide bonds. The molecule has 6 atom stereocenters. The zero-order valence-electron chi connectivity index (χ0n) is 18.0. The van der Waals surface area contributed by atoms with Crippen LogP contribution in [-0.4, -0.2) is 72.8 Å². The summed E-state index contributed by atoms with van der Waals surface area (Å²) in [5, 5.41) is 11.7. The van der Waals surface area contributed by atoms with E-state index in [0.717, 1.165) is 0 Å². The molecule has 2 aromatic heterocycles. The average Bonchev–Trinajstić information content (AvgIpc) is 3.19. The van der Waals surface area contributed by atoms with E-state index in [-0.39, 0.29) is 23.7 Å². The number of hydrogen-bond acceptors (Lipinski definition) is 10. The number of nitrogen functional groups attached to an aromatic ring is 1. The van der Waals surface area contributed by atoms with Crippen molar-refractivity contribution in [1.29, 1.82) is 0 Å². The van der Waals surface area contributed by atoms with Gasteiger partial charge in [0.2, 0.25) is 5.95 Å². The van der Waals surface area contributed by atoms with E-state index in [9.17, 15) is 9.90 Å². The minimum Gasteiger partial charge on any atom is -0.383 e. The lowest BCUT2D eigenvalue weighted by Crippen LogP contribution is -2.56. The maximum absolute atomic E-state index is 12.3. The smallest absolute Gasteiger partial charge is 0.280 e. The largest absolute Gasteiger partial charge is 0.383 e. The maximum Gasteiger partial charge on any atom is 0.280 e. The molecule has 2 aromatic rings. The average molecular weight is 437 g/mol. The van der Waals surface area contributed by atoms with E-state index in [1.165, 1.54) is 10.9 Å². The monoisotopic (exact) mass is 437 g/mol. The normalized spacial score (nSPS) is 39.1. The van der Waals surface area contributed by atoms with Gasteiger partial charge >= 0.3 is 0 Å². The number of H-pyrrole nitrogens is 1. The van der Waals surface area contributed by atoms with Crippen molar-refractivity contribution in [3.05, 3.63) is 16.7 Å². The molecule has 0 bridgehead atoms. The summed E-state index contributed by atoms with van der Waals surface area (Å²) in [6, 6.07) is 0. The van der Waals surface area contributed by atoms with Gasteiger partial charge in [-0.05, 0) is 34.6 Å². The van der Waals surface area contributed by atoms with Gasteiger partial charge in [0.25, 0.3) is 5.56 Å². The van der Waals surface area contributed by atoms with Crippen molar-refractivity contribution in [3.8, 4) is 0 Å². The Morgan fingerprint density at radius 3 is 2.61 bits per heavy atom. The van der Waals surface area contributed by atoms with Gasteiger partial charge in [0.05, 0.1) is 12.9 Å². The lowest BCUT2D eigenvalue weighted by molar-refractivity contribution is -0.334. The Morgan fingerprint density at radius 1 is 1.16 bits per heavy atom. The number of nitrogens with two attached hydrogens (primary N) is 1. The van der Waals surface area contributed by atoms with Crippen molar-refractivity contribution in [3.63, 3.8) is 0 Å². The van der Waals surface area contributed by atoms with Gasteiger partial charge in [-0.2, -0.15) is 4.98 Å². The van der Waals surface area contributed by atoms with Crippen LogP contribution < -0.4 is 11.3 Å². The molecule has 170 valence electrons. The molecule has 4 N–H and O–H groups in total. The Kier molecular flexibility index (Phi) is 4.34. The molecule has 3 saturated heterocycles. The minimum absolute atomic E-state index is 0.0732. The highest BCUT2D eigenvalue weighted by atomic mass is 16.8. The number of aliphatic hydroxyl groups is 1.